The van der Waals surface area contributed by atoms with Crippen LogP contribution in [0.2, 0.25) is 0 Å². The van der Waals surface area contributed by atoms with Gasteiger partial charge in [0.05, 0.1) is 5.56 Å². The van der Waals surface area contributed by atoms with Crippen LogP contribution in [0.1, 0.15) is 5.56 Å². The van der Waals surface area contributed by atoms with Gasteiger partial charge in [0, 0.05) is 0 Å². The summed E-state index contributed by atoms with van der Waals surface area (Å²) in [6.45, 7) is 0.149. The van der Waals surface area contributed by atoms with Crippen molar-refractivity contribution < 1.29 is 14.3 Å². The first-order chi connectivity index (χ1) is 9.78. The van der Waals surface area contributed by atoms with Gasteiger partial charge >= 0.3 is 0 Å². The number of nitrogens with one attached hydrogen (secondary N) is 1. The molecule has 2 aromatic rings. The van der Waals surface area contributed by atoms with E-state index in [2.05, 4.69) is 5.32 Å². The number of nitrogens with zero attached hydrogens (tertiary/aromatic N) is 1. The molecule has 6 heteroatoms. The van der Waals surface area contributed by atoms with Gasteiger partial charge in [0.25, 0.3) is 5.91 Å². The minimum Gasteiger partial charge on any atom is -0.485 e. The number of amides is 1. The van der Waals surface area contributed by atoms with Crippen LogP contribution in [-0.2, 0) is 4.79 Å². The number of nitriles is 1. The summed E-state index contributed by atoms with van der Waals surface area (Å²) in [5.41, 5.74) is 0.445. The number of thiophene rings is 1. The third-order valence-electron chi connectivity index (χ3n) is 2.82. The summed E-state index contributed by atoms with van der Waals surface area (Å²) in [7, 11) is 0. The van der Waals surface area contributed by atoms with Crippen molar-refractivity contribution in [3.63, 3.8) is 0 Å². The summed E-state index contributed by atoms with van der Waals surface area (Å²) in [5, 5.41) is 13.9. The quantitative estimate of drug-likeness (QED) is 0.920. The molecule has 0 saturated carbocycles. The highest BCUT2D eigenvalue weighted by Gasteiger charge is 2.27. The van der Waals surface area contributed by atoms with Crippen LogP contribution in [0.3, 0.4) is 0 Å². The first kappa shape index (κ1) is 12.5. The van der Waals surface area contributed by atoms with Gasteiger partial charge < -0.3 is 14.8 Å². The Hall–Kier alpha value is -2.52. The van der Waals surface area contributed by atoms with Gasteiger partial charge in [-0.3, -0.25) is 4.79 Å². The Balaban J connectivity index is 1.72. The van der Waals surface area contributed by atoms with Gasteiger partial charge in [-0.15, -0.1) is 11.3 Å². The van der Waals surface area contributed by atoms with Crippen LogP contribution in [0.15, 0.2) is 35.7 Å². The standard InChI is InChI=1S/C14H10N2O3S/c15-7-9-5-6-20-14(9)16-13(17)12-8-18-10-3-1-2-4-11(10)19-12/h1-6,12H,8H2,(H,16,17). The highest BCUT2D eigenvalue weighted by Crippen LogP contribution is 2.31. The SMILES string of the molecule is N#Cc1ccsc1NC(=O)C1COc2ccccc2O1. The Morgan fingerprint density at radius 1 is 1.35 bits per heavy atom. The number of benzene rings is 1. The predicted molar refractivity (Wildman–Crippen MR) is 74.0 cm³/mol. The highest BCUT2D eigenvalue weighted by molar-refractivity contribution is 7.14. The highest BCUT2D eigenvalue weighted by atomic mass is 32.1. The molecule has 1 aliphatic heterocycles. The summed E-state index contributed by atoms with van der Waals surface area (Å²) in [6, 6.07) is 10.9. The fourth-order valence-electron chi connectivity index (χ4n) is 1.84. The normalized spacial score (nSPS) is 16.2. The first-order valence-corrected chi connectivity index (χ1v) is 6.83. The Kier molecular flexibility index (Phi) is 3.27. The van der Waals surface area contributed by atoms with E-state index in [-0.39, 0.29) is 12.5 Å². The van der Waals surface area contributed by atoms with Gasteiger partial charge in [-0.05, 0) is 23.6 Å². The van der Waals surface area contributed by atoms with E-state index in [1.165, 1.54) is 11.3 Å². The molecule has 1 unspecified atom stereocenters. The minimum atomic E-state index is -0.724. The average Bonchev–Trinajstić information content (AvgIpc) is 2.94. The lowest BCUT2D eigenvalue weighted by molar-refractivity contribution is -0.125. The van der Waals surface area contributed by atoms with Crippen molar-refractivity contribution in [3.8, 4) is 17.6 Å². The van der Waals surface area contributed by atoms with E-state index in [1.54, 1.807) is 23.6 Å². The van der Waals surface area contributed by atoms with Crippen molar-refractivity contribution in [3.05, 3.63) is 41.3 Å². The zero-order chi connectivity index (χ0) is 13.9. The molecule has 0 radical (unpaired) electrons. The summed E-state index contributed by atoms with van der Waals surface area (Å²) < 4.78 is 11.1. The first-order valence-electron chi connectivity index (χ1n) is 5.95. The fraction of sp³-hybridized carbons (Fsp3) is 0.143. The average molecular weight is 286 g/mol. The van der Waals surface area contributed by atoms with Crippen LogP contribution in [0, 0.1) is 11.3 Å². The van der Waals surface area contributed by atoms with Gasteiger partial charge in [-0.1, -0.05) is 12.1 Å². The summed E-state index contributed by atoms with van der Waals surface area (Å²) in [5.74, 6) is 0.856. The summed E-state index contributed by atoms with van der Waals surface area (Å²) >= 11 is 1.30. The molecule has 3 rings (SSSR count). The largest absolute Gasteiger partial charge is 0.485 e. The monoisotopic (exact) mass is 286 g/mol. The molecule has 0 fully saturated rings. The van der Waals surface area contributed by atoms with E-state index in [4.69, 9.17) is 14.7 Å². The van der Waals surface area contributed by atoms with Crippen molar-refractivity contribution in [2.24, 2.45) is 0 Å². The van der Waals surface area contributed by atoms with Gasteiger partial charge in [-0.25, -0.2) is 0 Å². The van der Waals surface area contributed by atoms with Gasteiger partial charge in [-0.2, -0.15) is 5.26 Å². The molecule has 1 aromatic heterocycles. The van der Waals surface area contributed by atoms with Crippen molar-refractivity contribution in [2.75, 3.05) is 11.9 Å². The number of hydrogen-bond donors (Lipinski definition) is 1. The van der Waals surface area contributed by atoms with E-state index in [0.29, 0.717) is 22.1 Å². The van der Waals surface area contributed by atoms with Crippen LogP contribution < -0.4 is 14.8 Å². The fourth-order valence-corrected chi connectivity index (χ4v) is 2.58. The topological polar surface area (TPSA) is 71.4 Å². The number of carbonyl (C=O) groups excluding carboxylic acids is 1. The molecule has 1 aliphatic rings. The summed E-state index contributed by atoms with van der Waals surface area (Å²) in [6.07, 6.45) is -0.724. The molecule has 1 N–H and O–H groups in total. The lowest BCUT2D eigenvalue weighted by atomic mass is 10.2. The lowest BCUT2D eigenvalue weighted by Gasteiger charge is -2.25. The van der Waals surface area contributed by atoms with E-state index in [1.807, 2.05) is 18.2 Å². The smallest absolute Gasteiger partial charge is 0.269 e. The number of anilines is 1. The van der Waals surface area contributed by atoms with Gasteiger partial charge in [0.15, 0.2) is 11.5 Å². The molecule has 5 nitrogen and oxygen atoms in total. The molecular formula is C14H10N2O3S. The number of hydrogen-bond acceptors (Lipinski definition) is 5. The third kappa shape index (κ3) is 2.31. The van der Waals surface area contributed by atoms with E-state index in [9.17, 15) is 4.79 Å². The van der Waals surface area contributed by atoms with Gasteiger partial charge in [0.2, 0.25) is 6.10 Å². The molecule has 1 atom stereocenters. The molecule has 1 amide bonds. The van der Waals surface area contributed by atoms with Gasteiger partial charge in [0.1, 0.15) is 17.7 Å². The molecule has 0 aliphatic carbocycles. The predicted octanol–water partition coefficient (Wildman–Crippen LogP) is 2.40. The molecule has 2 heterocycles. The molecule has 100 valence electrons. The van der Waals surface area contributed by atoms with Crippen LogP contribution in [0.4, 0.5) is 5.00 Å². The summed E-state index contributed by atoms with van der Waals surface area (Å²) in [4.78, 5) is 12.1. The maximum absolute atomic E-state index is 12.1. The molecule has 0 bridgehead atoms. The number of ether oxygens (including phenoxy) is 2. The minimum absolute atomic E-state index is 0.149. The van der Waals surface area contributed by atoms with Crippen molar-refractivity contribution in [2.45, 2.75) is 6.10 Å². The Morgan fingerprint density at radius 2 is 2.15 bits per heavy atom. The van der Waals surface area contributed by atoms with E-state index >= 15 is 0 Å². The van der Waals surface area contributed by atoms with E-state index < -0.39 is 6.10 Å². The van der Waals surface area contributed by atoms with E-state index in [0.717, 1.165) is 0 Å². The number of para-hydroxylation sites is 2. The Labute approximate surface area is 119 Å². The Morgan fingerprint density at radius 3 is 2.95 bits per heavy atom. The zero-order valence-electron chi connectivity index (χ0n) is 10.3. The van der Waals surface area contributed by atoms with Crippen LogP contribution in [0.5, 0.6) is 11.5 Å². The molecule has 20 heavy (non-hydrogen) atoms. The lowest BCUT2D eigenvalue weighted by Crippen LogP contribution is -2.40. The number of fused-ring (bicyclic) bond motifs is 1. The van der Waals surface area contributed by atoms with Crippen LogP contribution >= 0.6 is 11.3 Å². The van der Waals surface area contributed by atoms with Crippen molar-refractivity contribution in [1.82, 2.24) is 0 Å². The molecule has 1 aromatic carbocycles. The molecular weight excluding hydrogens is 276 g/mol. The number of rotatable bonds is 2. The molecule has 0 saturated heterocycles. The molecule has 0 spiro atoms. The van der Waals surface area contributed by atoms with Crippen LogP contribution in [0.25, 0.3) is 0 Å². The second-order valence-corrected chi connectivity index (χ2v) is 5.04. The Bertz CT molecular complexity index is 690. The third-order valence-corrected chi connectivity index (χ3v) is 3.65. The second kappa shape index (κ2) is 5.23. The van der Waals surface area contributed by atoms with Crippen LogP contribution in [-0.4, -0.2) is 18.6 Å². The maximum Gasteiger partial charge on any atom is 0.269 e. The second-order valence-electron chi connectivity index (χ2n) is 4.13. The number of carbonyl (C=O) groups is 1. The maximum atomic E-state index is 12.1. The zero-order valence-corrected chi connectivity index (χ0v) is 11.1. The van der Waals surface area contributed by atoms with Crippen molar-refractivity contribution in [1.29, 1.82) is 5.26 Å². The van der Waals surface area contributed by atoms with Crippen molar-refractivity contribution >= 4 is 22.2 Å².